The Labute approximate surface area is 279 Å². The summed E-state index contributed by atoms with van der Waals surface area (Å²) in [5.41, 5.74) is 6.84. The zero-order valence-corrected chi connectivity index (χ0v) is 28.7. The highest BCUT2D eigenvalue weighted by Crippen LogP contribution is 2.41. The zero-order chi connectivity index (χ0) is 33.3. The number of aryl methyl sites for hydroxylation is 1. The van der Waals surface area contributed by atoms with E-state index in [2.05, 4.69) is 81.3 Å². The lowest BCUT2D eigenvalue weighted by atomic mass is 9.85. The molecule has 2 fully saturated rings. The van der Waals surface area contributed by atoms with E-state index in [1.165, 1.54) is 16.7 Å². The summed E-state index contributed by atoms with van der Waals surface area (Å²) in [6, 6.07) is 26.8. The Kier molecular flexibility index (Phi) is 9.27. The van der Waals surface area contributed by atoms with E-state index in [9.17, 15) is 9.59 Å². The third-order valence-corrected chi connectivity index (χ3v) is 9.62. The Morgan fingerprint density at radius 3 is 2.19 bits per heavy atom. The Morgan fingerprint density at radius 1 is 0.872 bits per heavy atom. The number of rotatable bonds is 8. The smallest absolute Gasteiger partial charge is 0.324 e. The molecule has 7 heteroatoms. The molecule has 3 heterocycles. The van der Waals surface area contributed by atoms with Crippen LogP contribution < -0.4 is 10.6 Å². The normalized spacial score (nSPS) is 19.2. The topological polar surface area (TPSA) is 79.3 Å². The van der Waals surface area contributed by atoms with Crippen LogP contribution in [0, 0.1) is 18.8 Å². The molecule has 0 spiro atoms. The Balaban J connectivity index is 1.08. The quantitative estimate of drug-likeness (QED) is 0.204. The number of amides is 3. The second-order valence-electron chi connectivity index (χ2n) is 15.1. The van der Waals surface area contributed by atoms with E-state index in [0.29, 0.717) is 29.7 Å². The molecule has 246 valence electrons. The minimum absolute atomic E-state index is 0.168. The average Bonchev–Trinajstić information content (AvgIpc) is 3.55. The second-order valence-corrected chi connectivity index (χ2v) is 15.1. The fraction of sp³-hybridized carbons (Fsp3) is 0.425. The van der Waals surface area contributed by atoms with Crippen molar-refractivity contribution in [3.63, 3.8) is 0 Å². The van der Waals surface area contributed by atoms with Gasteiger partial charge in [0, 0.05) is 34.8 Å². The van der Waals surface area contributed by atoms with Crippen molar-refractivity contribution >= 4 is 23.4 Å². The lowest BCUT2D eigenvalue weighted by Gasteiger charge is -2.39. The maximum absolute atomic E-state index is 13.6. The van der Waals surface area contributed by atoms with Gasteiger partial charge in [0.15, 0.2) is 0 Å². The molecule has 1 aromatic heterocycles. The average molecular weight is 632 g/mol. The maximum Gasteiger partial charge on any atom is 0.324 e. The van der Waals surface area contributed by atoms with Crippen LogP contribution in [0.4, 0.5) is 16.3 Å². The van der Waals surface area contributed by atoms with Crippen LogP contribution in [-0.4, -0.2) is 38.7 Å². The summed E-state index contributed by atoms with van der Waals surface area (Å²) >= 11 is 0. The number of piperidine rings is 1. The van der Waals surface area contributed by atoms with Gasteiger partial charge in [-0.15, -0.1) is 0 Å². The van der Waals surface area contributed by atoms with Crippen molar-refractivity contribution in [3.8, 4) is 5.69 Å². The van der Waals surface area contributed by atoms with Crippen molar-refractivity contribution < 1.29 is 9.59 Å². The molecule has 6 rings (SSSR count). The molecule has 3 amide bonds. The number of urea groups is 1. The Hall–Kier alpha value is -4.39. The predicted octanol–water partition coefficient (Wildman–Crippen LogP) is 8.95. The zero-order valence-electron chi connectivity index (χ0n) is 28.7. The number of benzene rings is 3. The summed E-state index contributed by atoms with van der Waals surface area (Å²) in [4.78, 5) is 29.0. The van der Waals surface area contributed by atoms with Crippen molar-refractivity contribution in [1.29, 1.82) is 0 Å². The number of nitrogens with zero attached hydrogens (tertiary/aromatic N) is 3. The summed E-state index contributed by atoms with van der Waals surface area (Å²) in [5.74, 6) is 1.91. The highest BCUT2D eigenvalue weighted by Gasteiger charge is 2.43. The highest BCUT2D eigenvalue weighted by molar-refractivity contribution is 5.99. The molecular weight excluding hydrogens is 582 g/mol. The van der Waals surface area contributed by atoms with E-state index in [1.54, 1.807) is 4.68 Å². The van der Waals surface area contributed by atoms with E-state index in [4.69, 9.17) is 5.10 Å². The van der Waals surface area contributed by atoms with Crippen molar-refractivity contribution in [1.82, 2.24) is 14.7 Å². The monoisotopic (exact) mass is 631 g/mol. The number of hydrogen-bond acceptors (Lipinski definition) is 3. The molecule has 47 heavy (non-hydrogen) atoms. The number of nitrogens with one attached hydrogen (secondary N) is 2. The number of carbonyl (C=O) groups excluding carboxylic acids is 2. The molecule has 0 radical (unpaired) electrons. The fourth-order valence-electron chi connectivity index (χ4n) is 7.30. The van der Waals surface area contributed by atoms with Gasteiger partial charge in [-0.1, -0.05) is 76.6 Å². The molecule has 2 aliphatic rings. The number of aromatic nitrogens is 2. The highest BCUT2D eigenvalue weighted by atomic mass is 16.2. The Morgan fingerprint density at radius 2 is 1.55 bits per heavy atom. The van der Waals surface area contributed by atoms with E-state index in [-0.39, 0.29) is 17.4 Å². The first kappa shape index (κ1) is 32.5. The molecule has 2 bridgehead atoms. The predicted molar refractivity (Wildman–Crippen MR) is 190 cm³/mol. The van der Waals surface area contributed by atoms with E-state index in [0.717, 1.165) is 61.2 Å². The number of fused-ring (bicyclic) bond motifs is 2. The summed E-state index contributed by atoms with van der Waals surface area (Å²) in [7, 11) is 0. The third kappa shape index (κ3) is 7.61. The van der Waals surface area contributed by atoms with E-state index in [1.807, 2.05) is 54.6 Å². The standard InChI is InChI=1S/C40H49N5O2/c1-26(2)20-28-12-14-31(15-13-28)38(46)44-34-18-19-35(44)24-30(23-34)21-29-8-7-9-32(22-29)41-39(47)42-37-25-36(40(4,5)6)43-45(37)33-16-10-27(3)11-17-33/h7-17,22,25-26,30,34-35H,18-21,23-24H2,1-6H3,(H2,41,42,47). The second kappa shape index (κ2) is 13.4. The van der Waals surface area contributed by atoms with Crippen molar-refractivity contribution in [3.05, 3.63) is 107 Å². The molecule has 2 aliphatic heterocycles. The molecule has 0 aliphatic carbocycles. The maximum atomic E-state index is 13.6. The molecular formula is C40H49N5O2. The van der Waals surface area contributed by atoms with Crippen LogP contribution in [0.15, 0.2) is 78.9 Å². The third-order valence-electron chi connectivity index (χ3n) is 9.62. The van der Waals surface area contributed by atoms with Crippen LogP contribution in [0.2, 0.25) is 0 Å². The number of carbonyl (C=O) groups is 2. The van der Waals surface area contributed by atoms with Gasteiger partial charge in [0.2, 0.25) is 0 Å². The van der Waals surface area contributed by atoms with E-state index >= 15 is 0 Å². The van der Waals surface area contributed by atoms with Crippen molar-refractivity contribution in [2.75, 3.05) is 10.6 Å². The first-order valence-electron chi connectivity index (χ1n) is 17.2. The van der Waals surface area contributed by atoms with Crippen LogP contribution in [-0.2, 0) is 18.3 Å². The van der Waals surface area contributed by atoms with Gasteiger partial charge in [-0.25, -0.2) is 9.48 Å². The van der Waals surface area contributed by atoms with Crippen LogP contribution >= 0.6 is 0 Å². The van der Waals surface area contributed by atoms with Gasteiger partial charge in [0.25, 0.3) is 5.91 Å². The van der Waals surface area contributed by atoms with Gasteiger partial charge in [-0.3, -0.25) is 10.1 Å². The van der Waals surface area contributed by atoms with Gasteiger partial charge in [0.1, 0.15) is 5.82 Å². The fourth-order valence-corrected chi connectivity index (χ4v) is 7.30. The van der Waals surface area contributed by atoms with Gasteiger partial charge >= 0.3 is 6.03 Å². The van der Waals surface area contributed by atoms with Crippen LogP contribution in [0.5, 0.6) is 0 Å². The molecule has 2 N–H and O–H groups in total. The summed E-state index contributed by atoms with van der Waals surface area (Å²) < 4.78 is 1.79. The lowest BCUT2D eigenvalue weighted by Crippen LogP contribution is -2.46. The Bertz CT molecular complexity index is 1700. The van der Waals surface area contributed by atoms with Gasteiger partial charge in [-0.05, 0) is 105 Å². The van der Waals surface area contributed by atoms with Crippen LogP contribution in [0.25, 0.3) is 5.69 Å². The first-order chi connectivity index (χ1) is 22.4. The van der Waals surface area contributed by atoms with Gasteiger partial charge < -0.3 is 10.2 Å². The number of anilines is 2. The minimum Gasteiger partial charge on any atom is -0.333 e. The van der Waals surface area contributed by atoms with Crippen molar-refractivity contribution in [2.24, 2.45) is 11.8 Å². The summed E-state index contributed by atoms with van der Waals surface area (Å²) in [6.07, 6.45) is 6.16. The van der Waals surface area contributed by atoms with Gasteiger partial charge in [0.05, 0.1) is 11.4 Å². The molecule has 2 saturated heterocycles. The van der Waals surface area contributed by atoms with Crippen LogP contribution in [0.1, 0.15) is 93.0 Å². The number of hydrogen-bond donors (Lipinski definition) is 2. The molecule has 2 atom stereocenters. The molecule has 2 unspecified atom stereocenters. The molecule has 7 nitrogen and oxygen atoms in total. The molecule has 3 aromatic carbocycles. The van der Waals surface area contributed by atoms with Gasteiger partial charge in [-0.2, -0.15) is 5.10 Å². The summed E-state index contributed by atoms with van der Waals surface area (Å²) in [6.45, 7) is 12.8. The largest absolute Gasteiger partial charge is 0.333 e. The summed E-state index contributed by atoms with van der Waals surface area (Å²) in [5, 5.41) is 10.9. The lowest BCUT2D eigenvalue weighted by molar-refractivity contribution is 0.0524. The minimum atomic E-state index is -0.307. The molecule has 4 aromatic rings. The van der Waals surface area contributed by atoms with Crippen molar-refractivity contribution in [2.45, 2.75) is 97.6 Å². The SMILES string of the molecule is Cc1ccc(-n2nc(C(C)(C)C)cc2NC(=O)Nc2cccc(CC3CC4CCC(C3)N4C(=O)c3ccc(CC(C)C)cc3)c2)cc1. The first-order valence-corrected chi connectivity index (χ1v) is 17.2. The molecule has 0 saturated carbocycles. The van der Waals surface area contributed by atoms with E-state index < -0.39 is 0 Å². The van der Waals surface area contributed by atoms with Crippen LogP contribution in [0.3, 0.4) is 0 Å².